The number of aromatic nitrogens is 1. The summed E-state index contributed by atoms with van der Waals surface area (Å²) in [5.41, 5.74) is 1.23. The van der Waals surface area contributed by atoms with Crippen LogP contribution in [0, 0.1) is 5.82 Å². The summed E-state index contributed by atoms with van der Waals surface area (Å²) in [5, 5.41) is 0.729. The van der Waals surface area contributed by atoms with E-state index >= 15 is 0 Å². The minimum Gasteiger partial charge on any atom is -0.350 e. The van der Waals surface area contributed by atoms with Gasteiger partial charge in [-0.15, -0.1) is 0 Å². The first-order valence-corrected chi connectivity index (χ1v) is 4.83. The zero-order valence-corrected chi connectivity index (χ0v) is 9.10. The Kier molecular flexibility index (Phi) is 2.27. The Morgan fingerprint density at radius 2 is 2.13 bits per heavy atom. The van der Waals surface area contributed by atoms with Crippen molar-refractivity contribution in [2.45, 2.75) is 6.92 Å². The molecule has 1 aromatic carbocycles. The van der Waals surface area contributed by atoms with Gasteiger partial charge in [-0.05, 0) is 19.1 Å². The van der Waals surface area contributed by atoms with Crippen molar-refractivity contribution in [3.63, 3.8) is 0 Å². The second kappa shape index (κ2) is 3.35. The van der Waals surface area contributed by atoms with Crippen LogP contribution >= 0.6 is 11.6 Å². The molecule has 1 aromatic heterocycles. The van der Waals surface area contributed by atoms with Gasteiger partial charge in [-0.1, -0.05) is 11.6 Å². The second-order valence-electron chi connectivity index (χ2n) is 3.49. The first-order valence-electron chi connectivity index (χ1n) is 4.45. The molecule has 0 saturated heterocycles. The molecular weight excluding hydrogens is 217 g/mol. The van der Waals surface area contributed by atoms with Crippen molar-refractivity contribution in [2.75, 3.05) is 0 Å². The van der Waals surface area contributed by atoms with E-state index in [1.165, 1.54) is 19.1 Å². The molecule has 0 spiro atoms. The molecule has 0 aliphatic rings. The molecule has 2 nitrogen and oxygen atoms in total. The summed E-state index contributed by atoms with van der Waals surface area (Å²) in [5.74, 6) is -0.524. The van der Waals surface area contributed by atoms with Crippen LogP contribution in [0.5, 0.6) is 0 Å². The normalized spacial score (nSPS) is 10.9. The van der Waals surface area contributed by atoms with E-state index in [4.69, 9.17) is 11.6 Å². The van der Waals surface area contributed by atoms with E-state index in [0.29, 0.717) is 16.5 Å². The van der Waals surface area contributed by atoms with E-state index in [-0.39, 0.29) is 10.8 Å². The maximum atomic E-state index is 13.2. The molecule has 0 atom stereocenters. The number of ketones is 1. The lowest BCUT2D eigenvalue weighted by molar-refractivity contribution is 0.101. The number of hydrogen-bond donors (Lipinski definition) is 0. The molecule has 0 amide bonds. The highest BCUT2D eigenvalue weighted by Gasteiger charge is 2.12. The molecule has 0 bridgehead atoms. The van der Waals surface area contributed by atoms with E-state index in [2.05, 4.69) is 0 Å². The molecule has 15 heavy (non-hydrogen) atoms. The maximum Gasteiger partial charge on any atom is 0.161 e. The lowest BCUT2D eigenvalue weighted by atomic mass is 10.1. The summed E-state index contributed by atoms with van der Waals surface area (Å²) >= 11 is 5.68. The first kappa shape index (κ1) is 10.2. The van der Waals surface area contributed by atoms with Gasteiger partial charge in [0.15, 0.2) is 5.78 Å². The van der Waals surface area contributed by atoms with Crippen LogP contribution in [0.2, 0.25) is 5.02 Å². The van der Waals surface area contributed by atoms with E-state index in [1.54, 1.807) is 17.8 Å². The number of aryl methyl sites for hydroxylation is 1. The molecule has 1 heterocycles. The highest BCUT2D eigenvalue weighted by atomic mass is 35.5. The molecule has 0 N–H and O–H groups in total. The number of fused-ring (bicyclic) bond motifs is 1. The molecular formula is C11H9ClFNO. The Balaban J connectivity index is 2.88. The monoisotopic (exact) mass is 225 g/mol. The molecule has 0 aliphatic carbocycles. The highest BCUT2D eigenvalue weighted by Crippen LogP contribution is 2.26. The lowest BCUT2D eigenvalue weighted by Crippen LogP contribution is -1.89. The van der Waals surface area contributed by atoms with E-state index in [1.807, 2.05) is 0 Å². The lowest BCUT2D eigenvalue weighted by Gasteiger charge is -1.98. The summed E-state index contributed by atoms with van der Waals surface area (Å²) in [4.78, 5) is 11.3. The third-order valence-electron chi connectivity index (χ3n) is 2.41. The van der Waals surface area contributed by atoms with Gasteiger partial charge in [0.1, 0.15) is 5.82 Å². The second-order valence-corrected chi connectivity index (χ2v) is 3.90. The van der Waals surface area contributed by atoms with Crippen LogP contribution in [0.25, 0.3) is 10.9 Å². The number of Topliss-reactive ketones (excluding diaryl/α,β-unsaturated/α-hetero) is 1. The Morgan fingerprint density at radius 1 is 1.47 bits per heavy atom. The molecule has 0 unspecified atom stereocenters. The maximum absolute atomic E-state index is 13.2. The number of halogens is 2. The molecule has 2 rings (SSSR count). The fourth-order valence-corrected chi connectivity index (χ4v) is 1.82. The SMILES string of the molecule is CC(=O)c1cn(C)c2cc(F)c(Cl)cc12. The Hall–Kier alpha value is -1.35. The number of nitrogens with zero attached hydrogens (tertiary/aromatic N) is 1. The van der Waals surface area contributed by atoms with Gasteiger partial charge in [0.2, 0.25) is 0 Å². The zero-order valence-electron chi connectivity index (χ0n) is 8.34. The van der Waals surface area contributed by atoms with Crippen LogP contribution in [0.15, 0.2) is 18.3 Å². The average molecular weight is 226 g/mol. The third-order valence-corrected chi connectivity index (χ3v) is 2.70. The standard InChI is InChI=1S/C11H9ClFNO/c1-6(15)8-5-14(2)11-4-10(13)9(12)3-7(8)11/h3-5H,1-2H3. The van der Waals surface area contributed by atoms with Gasteiger partial charge >= 0.3 is 0 Å². The molecule has 0 saturated carbocycles. The molecule has 2 aromatic rings. The topological polar surface area (TPSA) is 22.0 Å². The van der Waals surface area contributed by atoms with Crippen LogP contribution in [0.4, 0.5) is 4.39 Å². The Morgan fingerprint density at radius 3 is 2.73 bits per heavy atom. The van der Waals surface area contributed by atoms with E-state index in [0.717, 1.165) is 0 Å². The molecule has 0 radical (unpaired) electrons. The van der Waals surface area contributed by atoms with Gasteiger partial charge in [0, 0.05) is 24.2 Å². The van der Waals surface area contributed by atoms with Crippen molar-refractivity contribution in [2.24, 2.45) is 7.05 Å². The fourth-order valence-electron chi connectivity index (χ4n) is 1.66. The predicted molar refractivity (Wildman–Crippen MR) is 57.9 cm³/mol. The Labute approximate surface area is 91.3 Å². The van der Waals surface area contributed by atoms with Gasteiger partial charge in [-0.2, -0.15) is 0 Å². The van der Waals surface area contributed by atoms with Gasteiger partial charge < -0.3 is 4.57 Å². The van der Waals surface area contributed by atoms with Crippen molar-refractivity contribution < 1.29 is 9.18 Å². The summed E-state index contributed by atoms with van der Waals surface area (Å²) in [6, 6.07) is 2.83. The Bertz CT molecular complexity index is 559. The van der Waals surface area contributed by atoms with Crippen molar-refractivity contribution in [1.29, 1.82) is 0 Å². The van der Waals surface area contributed by atoms with Crippen LogP contribution < -0.4 is 0 Å². The minimum atomic E-state index is -0.472. The number of benzene rings is 1. The fraction of sp³-hybridized carbons (Fsp3) is 0.182. The van der Waals surface area contributed by atoms with Crippen molar-refractivity contribution in [3.8, 4) is 0 Å². The quantitative estimate of drug-likeness (QED) is 0.684. The third kappa shape index (κ3) is 1.53. The first-order chi connectivity index (χ1) is 7.00. The van der Waals surface area contributed by atoms with Gasteiger partial charge in [-0.3, -0.25) is 4.79 Å². The number of rotatable bonds is 1. The number of carbonyl (C=O) groups is 1. The van der Waals surface area contributed by atoms with Gasteiger partial charge in [0.05, 0.1) is 10.5 Å². The minimum absolute atomic E-state index is 0.0381. The summed E-state index contributed by atoms with van der Waals surface area (Å²) in [7, 11) is 1.77. The molecule has 78 valence electrons. The van der Waals surface area contributed by atoms with E-state index in [9.17, 15) is 9.18 Å². The molecule has 0 fully saturated rings. The van der Waals surface area contributed by atoms with Crippen molar-refractivity contribution in [1.82, 2.24) is 4.57 Å². The smallest absolute Gasteiger partial charge is 0.161 e. The van der Waals surface area contributed by atoms with Crippen LogP contribution in [0.1, 0.15) is 17.3 Å². The van der Waals surface area contributed by atoms with Gasteiger partial charge in [-0.25, -0.2) is 4.39 Å². The summed E-state index contributed by atoms with van der Waals surface area (Å²) in [6.07, 6.45) is 1.68. The zero-order chi connectivity index (χ0) is 11.2. The number of hydrogen-bond acceptors (Lipinski definition) is 1. The van der Waals surface area contributed by atoms with Crippen LogP contribution in [0.3, 0.4) is 0 Å². The van der Waals surface area contributed by atoms with Crippen LogP contribution in [-0.2, 0) is 7.05 Å². The predicted octanol–water partition coefficient (Wildman–Crippen LogP) is 3.17. The highest BCUT2D eigenvalue weighted by molar-refractivity contribution is 6.31. The van der Waals surface area contributed by atoms with Gasteiger partial charge in [0.25, 0.3) is 0 Å². The average Bonchev–Trinajstić information content (AvgIpc) is 2.45. The summed E-state index contributed by atoms with van der Waals surface area (Å²) in [6.45, 7) is 1.48. The molecule has 4 heteroatoms. The number of carbonyl (C=O) groups excluding carboxylic acids is 1. The van der Waals surface area contributed by atoms with Crippen molar-refractivity contribution >= 4 is 28.3 Å². The van der Waals surface area contributed by atoms with Crippen molar-refractivity contribution in [3.05, 3.63) is 34.7 Å². The largest absolute Gasteiger partial charge is 0.350 e. The van der Waals surface area contributed by atoms with Crippen LogP contribution in [-0.4, -0.2) is 10.4 Å². The van der Waals surface area contributed by atoms with E-state index < -0.39 is 5.82 Å². The summed E-state index contributed by atoms with van der Waals surface area (Å²) < 4.78 is 14.9. The molecule has 0 aliphatic heterocycles.